The molecule has 8 nitrogen and oxygen atoms in total. The summed E-state index contributed by atoms with van der Waals surface area (Å²) in [6, 6.07) is 0. The third-order valence-corrected chi connectivity index (χ3v) is 2.20. The molecule has 0 fully saturated rings. The Hall–Kier alpha value is -2.38. The number of amides is 1. The minimum absolute atomic E-state index is 0.148. The predicted octanol–water partition coefficient (Wildman–Crippen LogP) is -2.09. The van der Waals surface area contributed by atoms with Gasteiger partial charge in [0, 0.05) is 7.05 Å². The van der Waals surface area contributed by atoms with Crippen molar-refractivity contribution >= 4 is 17.1 Å². The molecule has 16 heavy (non-hydrogen) atoms. The van der Waals surface area contributed by atoms with Gasteiger partial charge in [0.25, 0.3) is 5.56 Å². The van der Waals surface area contributed by atoms with Gasteiger partial charge in [-0.25, -0.2) is 9.78 Å². The first kappa shape index (κ1) is 10.1. The van der Waals surface area contributed by atoms with Crippen molar-refractivity contribution in [1.29, 1.82) is 0 Å². The summed E-state index contributed by atoms with van der Waals surface area (Å²) in [6.07, 6.45) is 1.28. The number of hydrogen-bond donors (Lipinski definition) is 2. The number of nitrogens with zero attached hydrogens (tertiary/aromatic N) is 3. The highest BCUT2D eigenvalue weighted by atomic mass is 16.2. The topological polar surface area (TPSA) is 116 Å². The predicted molar refractivity (Wildman–Crippen MR) is 54.8 cm³/mol. The number of imidazole rings is 1. The Morgan fingerprint density at radius 3 is 2.88 bits per heavy atom. The first-order chi connectivity index (χ1) is 7.50. The number of aromatic nitrogens is 4. The van der Waals surface area contributed by atoms with E-state index in [1.165, 1.54) is 17.9 Å². The maximum Gasteiger partial charge on any atom is 0.329 e. The van der Waals surface area contributed by atoms with Gasteiger partial charge in [-0.1, -0.05) is 0 Å². The number of rotatable bonds is 2. The van der Waals surface area contributed by atoms with Gasteiger partial charge in [0.2, 0.25) is 5.91 Å². The molecule has 0 radical (unpaired) electrons. The lowest BCUT2D eigenvalue weighted by molar-refractivity contribution is -0.118. The zero-order valence-electron chi connectivity index (χ0n) is 8.43. The number of fused-ring (bicyclic) bond motifs is 1. The Kier molecular flexibility index (Phi) is 2.11. The van der Waals surface area contributed by atoms with E-state index in [9.17, 15) is 14.4 Å². The molecule has 2 aromatic heterocycles. The van der Waals surface area contributed by atoms with Crippen LogP contribution in [0.15, 0.2) is 15.9 Å². The maximum atomic E-state index is 11.7. The van der Waals surface area contributed by atoms with Crippen LogP contribution in [0.4, 0.5) is 0 Å². The second-order valence-electron chi connectivity index (χ2n) is 3.33. The third kappa shape index (κ3) is 1.40. The van der Waals surface area contributed by atoms with Crippen LogP contribution in [0.5, 0.6) is 0 Å². The summed E-state index contributed by atoms with van der Waals surface area (Å²) >= 11 is 0. The zero-order chi connectivity index (χ0) is 11.9. The number of nitrogens with one attached hydrogen (secondary N) is 1. The minimum atomic E-state index is -0.590. The van der Waals surface area contributed by atoms with Gasteiger partial charge in [0.05, 0.1) is 6.33 Å². The molecule has 0 unspecified atom stereocenters. The molecule has 2 aromatic rings. The molecular formula is C8H9N5O3. The van der Waals surface area contributed by atoms with Crippen molar-refractivity contribution in [2.75, 3.05) is 0 Å². The van der Waals surface area contributed by atoms with E-state index in [0.29, 0.717) is 0 Å². The molecular weight excluding hydrogens is 214 g/mol. The lowest BCUT2D eigenvalue weighted by Gasteiger charge is -2.00. The number of carbonyl (C=O) groups excluding carboxylic acids is 1. The van der Waals surface area contributed by atoms with Crippen molar-refractivity contribution in [2.24, 2.45) is 12.8 Å². The fourth-order valence-corrected chi connectivity index (χ4v) is 1.42. The highest BCUT2D eigenvalue weighted by Gasteiger charge is 2.11. The summed E-state index contributed by atoms with van der Waals surface area (Å²) in [7, 11) is 1.34. The van der Waals surface area contributed by atoms with E-state index in [-0.39, 0.29) is 17.7 Å². The third-order valence-electron chi connectivity index (χ3n) is 2.20. The van der Waals surface area contributed by atoms with Crippen LogP contribution in [0.2, 0.25) is 0 Å². The molecule has 8 heteroatoms. The molecule has 0 aliphatic heterocycles. The molecule has 0 aliphatic rings. The molecule has 1 amide bonds. The van der Waals surface area contributed by atoms with Gasteiger partial charge in [-0.3, -0.25) is 19.1 Å². The summed E-state index contributed by atoms with van der Waals surface area (Å²) in [4.78, 5) is 40.0. The molecule has 2 rings (SSSR count). The average Bonchev–Trinajstić information content (AvgIpc) is 2.57. The van der Waals surface area contributed by atoms with Crippen LogP contribution in [-0.4, -0.2) is 25.0 Å². The highest BCUT2D eigenvalue weighted by Crippen LogP contribution is 2.01. The van der Waals surface area contributed by atoms with E-state index in [1.54, 1.807) is 0 Å². The maximum absolute atomic E-state index is 11.7. The number of aromatic amines is 1. The molecule has 0 saturated carbocycles. The molecule has 0 spiro atoms. The van der Waals surface area contributed by atoms with Crippen LogP contribution in [0.3, 0.4) is 0 Å². The molecule has 0 atom stereocenters. The van der Waals surface area contributed by atoms with Gasteiger partial charge in [-0.2, -0.15) is 0 Å². The first-order valence-corrected chi connectivity index (χ1v) is 4.43. The lowest BCUT2D eigenvalue weighted by Crippen LogP contribution is -2.33. The van der Waals surface area contributed by atoms with E-state index in [0.717, 1.165) is 4.57 Å². The van der Waals surface area contributed by atoms with Crippen LogP contribution in [-0.2, 0) is 18.4 Å². The van der Waals surface area contributed by atoms with Crippen LogP contribution < -0.4 is 17.0 Å². The van der Waals surface area contributed by atoms with Crippen molar-refractivity contribution in [2.45, 2.75) is 6.54 Å². The second-order valence-corrected chi connectivity index (χ2v) is 3.33. The fraction of sp³-hybridized carbons (Fsp3) is 0.250. The Morgan fingerprint density at radius 2 is 2.25 bits per heavy atom. The SMILES string of the molecule is Cn1c(=O)[nH]c2ncn(CC(N)=O)c2c1=O. The van der Waals surface area contributed by atoms with Crippen molar-refractivity contribution in [3.8, 4) is 0 Å². The average molecular weight is 223 g/mol. The van der Waals surface area contributed by atoms with Crippen LogP contribution in [0.25, 0.3) is 11.2 Å². The van der Waals surface area contributed by atoms with Gasteiger partial charge in [0.15, 0.2) is 11.2 Å². The quantitative estimate of drug-likeness (QED) is 0.607. The van der Waals surface area contributed by atoms with Gasteiger partial charge in [-0.05, 0) is 0 Å². The van der Waals surface area contributed by atoms with Gasteiger partial charge >= 0.3 is 5.69 Å². The van der Waals surface area contributed by atoms with E-state index in [4.69, 9.17) is 5.73 Å². The van der Waals surface area contributed by atoms with Gasteiger partial charge < -0.3 is 10.3 Å². The normalized spacial score (nSPS) is 10.8. The molecule has 0 saturated heterocycles. The minimum Gasteiger partial charge on any atom is -0.368 e. The van der Waals surface area contributed by atoms with E-state index in [1.807, 2.05) is 0 Å². The summed E-state index contributed by atoms with van der Waals surface area (Å²) in [6.45, 7) is -0.155. The zero-order valence-corrected chi connectivity index (χ0v) is 8.43. The fourth-order valence-electron chi connectivity index (χ4n) is 1.42. The Morgan fingerprint density at radius 1 is 1.56 bits per heavy atom. The van der Waals surface area contributed by atoms with Crippen LogP contribution in [0.1, 0.15) is 0 Å². The summed E-state index contributed by atoms with van der Waals surface area (Å²) in [5.74, 6) is -0.590. The summed E-state index contributed by atoms with van der Waals surface area (Å²) in [5, 5.41) is 0. The smallest absolute Gasteiger partial charge is 0.329 e. The number of primary amides is 1. The van der Waals surface area contributed by atoms with E-state index < -0.39 is 17.2 Å². The lowest BCUT2D eigenvalue weighted by atomic mass is 10.5. The van der Waals surface area contributed by atoms with Gasteiger partial charge in [-0.15, -0.1) is 0 Å². The van der Waals surface area contributed by atoms with Crippen molar-refractivity contribution in [1.82, 2.24) is 19.1 Å². The van der Waals surface area contributed by atoms with Gasteiger partial charge in [0.1, 0.15) is 6.54 Å². The largest absolute Gasteiger partial charge is 0.368 e. The Labute approximate surface area is 88.3 Å². The number of nitrogens with two attached hydrogens (primary N) is 1. The van der Waals surface area contributed by atoms with Crippen LogP contribution >= 0.6 is 0 Å². The van der Waals surface area contributed by atoms with Crippen molar-refractivity contribution in [3.63, 3.8) is 0 Å². The van der Waals surface area contributed by atoms with Crippen LogP contribution in [0, 0.1) is 0 Å². The van der Waals surface area contributed by atoms with E-state index in [2.05, 4.69) is 9.97 Å². The molecule has 0 aromatic carbocycles. The highest BCUT2D eigenvalue weighted by molar-refractivity contribution is 5.77. The number of carbonyl (C=O) groups is 1. The Bertz CT molecular complexity index is 677. The van der Waals surface area contributed by atoms with E-state index >= 15 is 0 Å². The summed E-state index contributed by atoms with van der Waals surface area (Å²) < 4.78 is 2.21. The monoisotopic (exact) mass is 223 g/mol. The first-order valence-electron chi connectivity index (χ1n) is 4.43. The number of H-pyrrole nitrogens is 1. The standard InChI is InChI=1S/C8H9N5O3/c1-12-7(15)5-6(11-8(12)16)10-3-13(5)2-4(9)14/h3H,2H2,1H3,(H2,9,14)(H,11,16). The molecule has 0 bridgehead atoms. The molecule has 3 N–H and O–H groups in total. The summed E-state index contributed by atoms with van der Waals surface area (Å²) in [5.41, 5.74) is 4.26. The molecule has 2 heterocycles. The molecule has 84 valence electrons. The van der Waals surface area contributed by atoms with Crippen molar-refractivity contribution in [3.05, 3.63) is 27.2 Å². The second kappa shape index (κ2) is 3.33. The van der Waals surface area contributed by atoms with Crippen molar-refractivity contribution < 1.29 is 4.79 Å². The number of hydrogen-bond acceptors (Lipinski definition) is 4. The Balaban J connectivity index is 2.81. The molecule has 0 aliphatic carbocycles.